The van der Waals surface area contributed by atoms with E-state index in [1.54, 1.807) is 0 Å². The van der Waals surface area contributed by atoms with Crippen LogP contribution in [-0.4, -0.2) is 41.2 Å². The molecule has 0 spiro atoms. The van der Waals surface area contributed by atoms with E-state index in [9.17, 15) is 14.0 Å². The molecule has 106 valence electrons. The van der Waals surface area contributed by atoms with Crippen LogP contribution in [0.5, 0.6) is 0 Å². The second-order valence-corrected chi connectivity index (χ2v) is 4.83. The Kier molecular flexibility index (Phi) is 3.85. The lowest BCUT2D eigenvalue weighted by Gasteiger charge is -2.14. The molecule has 0 unspecified atom stereocenters. The van der Waals surface area contributed by atoms with Crippen LogP contribution in [0.1, 0.15) is 10.4 Å². The van der Waals surface area contributed by atoms with Gasteiger partial charge in [-0.1, -0.05) is 0 Å². The number of fused-ring (bicyclic) bond motifs is 1. The number of carboxylic acids is 1. The average molecular weight is 278 g/mol. The Bertz CT molecular complexity index is 722. The molecule has 1 aromatic heterocycles. The zero-order valence-electron chi connectivity index (χ0n) is 11.3. The number of carboxylic acid groups (broad SMARTS) is 1. The third-order valence-electron chi connectivity index (χ3n) is 3.05. The lowest BCUT2D eigenvalue weighted by molar-refractivity contribution is 0.0696. The van der Waals surface area contributed by atoms with Crippen molar-refractivity contribution in [1.29, 1.82) is 0 Å². The number of hydrogen-bond donors (Lipinski definition) is 1. The van der Waals surface area contributed by atoms with Gasteiger partial charge in [0.25, 0.3) is 5.56 Å². The van der Waals surface area contributed by atoms with Crippen molar-refractivity contribution < 1.29 is 14.3 Å². The number of likely N-dealkylation sites (N-methyl/N-ethyl adjacent to an activating group) is 1. The molecule has 0 aliphatic heterocycles. The molecule has 6 heteroatoms. The van der Waals surface area contributed by atoms with Gasteiger partial charge < -0.3 is 14.6 Å². The molecular weight excluding hydrogens is 263 g/mol. The van der Waals surface area contributed by atoms with E-state index in [2.05, 4.69) is 0 Å². The number of aromatic nitrogens is 1. The first-order valence-electron chi connectivity index (χ1n) is 6.11. The molecule has 2 rings (SSSR count). The molecule has 1 heterocycles. The highest BCUT2D eigenvalue weighted by molar-refractivity contribution is 5.93. The Morgan fingerprint density at radius 3 is 2.65 bits per heavy atom. The minimum Gasteiger partial charge on any atom is -0.478 e. The molecule has 5 nitrogen and oxygen atoms in total. The number of aromatic carboxylic acids is 1. The van der Waals surface area contributed by atoms with Crippen LogP contribution in [0.4, 0.5) is 4.39 Å². The third-order valence-corrected chi connectivity index (χ3v) is 3.05. The zero-order valence-corrected chi connectivity index (χ0v) is 11.3. The van der Waals surface area contributed by atoms with Crippen LogP contribution in [0.15, 0.2) is 29.1 Å². The quantitative estimate of drug-likeness (QED) is 0.918. The topological polar surface area (TPSA) is 62.5 Å². The van der Waals surface area contributed by atoms with Crippen molar-refractivity contribution in [1.82, 2.24) is 9.47 Å². The molecule has 1 N–H and O–H groups in total. The second-order valence-electron chi connectivity index (χ2n) is 4.83. The molecular formula is C14H15FN2O3. The second kappa shape index (κ2) is 5.42. The summed E-state index contributed by atoms with van der Waals surface area (Å²) in [6.45, 7) is 0.922. The van der Waals surface area contributed by atoms with Gasteiger partial charge in [0, 0.05) is 24.5 Å². The van der Waals surface area contributed by atoms with E-state index in [4.69, 9.17) is 5.11 Å². The number of carbonyl (C=O) groups is 1. The number of nitrogens with zero attached hydrogens (tertiary/aromatic N) is 2. The van der Waals surface area contributed by atoms with Crippen molar-refractivity contribution in [3.05, 3.63) is 46.0 Å². The van der Waals surface area contributed by atoms with Gasteiger partial charge >= 0.3 is 5.97 Å². The molecule has 0 amide bonds. The van der Waals surface area contributed by atoms with Crippen LogP contribution < -0.4 is 5.56 Å². The maximum absolute atomic E-state index is 14.1. The first-order chi connectivity index (χ1) is 9.40. The van der Waals surface area contributed by atoms with Crippen molar-refractivity contribution in [2.75, 3.05) is 20.6 Å². The summed E-state index contributed by atoms with van der Waals surface area (Å²) in [5.41, 5.74) is -0.293. The molecule has 0 saturated heterocycles. The number of halogens is 1. The van der Waals surface area contributed by atoms with E-state index in [0.717, 1.165) is 6.07 Å². The highest BCUT2D eigenvalue weighted by Crippen LogP contribution is 2.19. The minimum absolute atomic E-state index is 0.132. The van der Waals surface area contributed by atoms with Gasteiger partial charge in [0.15, 0.2) is 0 Å². The van der Waals surface area contributed by atoms with E-state index in [1.807, 2.05) is 19.0 Å². The zero-order chi connectivity index (χ0) is 14.9. The van der Waals surface area contributed by atoms with Crippen LogP contribution in [0.3, 0.4) is 0 Å². The lowest BCUT2D eigenvalue weighted by Crippen LogP contribution is -2.26. The van der Waals surface area contributed by atoms with E-state index in [1.165, 1.54) is 22.8 Å². The van der Waals surface area contributed by atoms with Crippen LogP contribution >= 0.6 is 0 Å². The normalized spacial score (nSPS) is 11.2. The maximum Gasteiger partial charge on any atom is 0.335 e. The highest BCUT2D eigenvalue weighted by atomic mass is 19.1. The van der Waals surface area contributed by atoms with Crippen molar-refractivity contribution in [2.45, 2.75) is 6.54 Å². The molecule has 20 heavy (non-hydrogen) atoms. The fraction of sp³-hybridized carbons (Fsp3) is 0.286. The Morgan fingerprint density at radius 1 is 1.35 bits per heavy atom. The van der Waals surface area contributed by atoms with Gasteiger partial charge in [0.2, 0.25) is 0 Å². The van der Waals surface area contributed by atoms with Crippen LogP contribution in [0.2, 0.25) is 0 Å². The van der Waals surface area contributed by atoms with Gasteiger partial charge in [-0.2, -0.15) is 0 Å². The summed E-state index contributed by atoms with van der Waals surface area (Å²) in [5, 5.41) is 9.33. The highest BCUT2D eigenvalue weighted by Gasteiger charge is 2.13. The summed E-state index contributed by atoms with van der Waals surface area (Å²) >= 11 is 0. The van der Waals surface area contributed by atoms with Gasteiger partial charge in [-0.3, -0.25) is 4.79 Å². The average Bonchev–Trinajstić information content (AvgIpc) is 2.37. The summed E-state index contributed by atoms with van der Waals surface area (Å²) in [5.74, 6) is -1.90. The van der Waals surface area contributed by atoms with Crippen molar-refractivity contribution in [3.8, 4) is 0 Å². The Labute approximate surface area is 114 Å². The fourth-order valence-corrected chi connectivity index (χ4v) is 2.04. The van der Waals surface area contributed by atoms with Crippen molar-refractivity contribution in [3.63, 3.8) is 0 Å². The maximum atomic E-state index is 14.1. The monoisotopic (exact) mass is 278 g/mol. The number of benzene rings is 1. The molecule has 2 aromatic rings. The molecule has 0 atom stereocenters. The Balaban J connectivity index is 2.65. The van der Waals surface area contributed by atoms with Crippen LogP contribution in [-0.2, 0) is 6.54 Å². The van der Waals surface area contributed by atoms with Gasteiger partial charge in [-0.25, -0.2) is 9.18 Å². The van der Waals surface area contributed by atoms with Gasteiger partial charge in [0.05, 0.1) is 11.1 Å². The SMILES string of the molecule is CN(C)CCn1c(=O)ccc2cc(C(=O)O)cc(F)c21. The first kappa shape index (κ1) is 14.2. The van der Waals surface area contributed by atoms with E-state index >= 15 is 0 Å². The first-order valence-corrected chi connectivity index (χ1v) is 6.11. The fourth-order valence-electron chi connectivity index (χ4n) is 2.04. The molecule has 0 bridgehead atoms. The lowest BCUT2D eigenvalue weighted by atomic mass is 10.1. The van der Waals surface area contributed by atoms with Crippen molar-refractivity contribution in [2.24, 2.45) is 0 Å². The molecule has 0 radical (unpaired) electrons. The number of pyridine rings is 1. The van der Waals surface area contributed by atoms with E-state index in [0.29, 0.717) is 18.5 Å². The molecule has 0 saturated carbocycles. The third kappa shape index (κ3) is 2.70. The van der Waals surface area contributed by atoms with E-state index in [-0.39, 0.29) is 16.6 Å². The predicted octanol–water partition coefficient (Wildman–Crippen LogP) is 1.40. The largest absolute Gasteiger partial charge is 0.478 e. The molecule has 0 fully saturated rings. The smallest absolute Gasteiger partial charge is 0.335 e. The Hall–Kier alpha value is -2.21. The van der Waals surface area contributed by atoms with Gasteiger partial charge in [0.1, 0.15) is 5.82 Å². The predicted molar refractivity (Wildman–Crippen MR) is 73.7 cm³/mol. The summed E-state index contributed by atoms with van der Waals surface area (Å²) in [4.78, 5) is 24.7. The molecule has 1 aromatic carbocycles. The minimum atomic E-state index is -1.20. The molecule has 0 aliphatic rings. The van der Waals surface area contributed by atoms with Gasteiger partial charge in [-0.15, -0.1) is 0 Å². The summed E-state index contributed by atoms with van der Waals surface area (Å²) in [6.07, 6.45) is 0. The molecule has 0 aliphatic carbocycles. The number of hydrogen-bond acceptors (Lipinski definition) is 3. The standard InChI is InChI=1S/C14H15FN2O3/c1-16(2)5-6-17-12(18)4-3-9-7-10(14(19)20)8-11(15)13(9)17/h3-4,7-8H,5-6H2,1-2H3,(H,19,20). The van der Waals surface area contributed by atoms with Crippen molar-refractivity contribution >= 4 is 16.9 Å². The summed E-state index contributed by atoms with van der Waals surface area (Å²) in [7, 11) is 3.71. The van der Waals surface area contributed by atoms with Gasteiger partial charge in [-0.05, 0) is 32.3 Å². The summed E-state index contributed by atoms with van der Waals surface area (Å²) in [6, 6.07) is 5.07. The van der Waals surface area contributed by atoms with Crippen LogP contribution in [0.25, 0.3) is 10.9 Å². The Morgan fingerprint density at radius 2 is 2.05 bits per heavy atom. The van der Waals surface area contributed by atoms with Crippen LogP contribution in [0, 0.1) is 5.82 Å². The summed E-state index contributed by atoms with van der Waals surface area (Å²) < 4.78 is 15.5. The van der Waals surface area contributed by atoms with E-state index < -0.39 is 11.8 Å². The number of rotatable bonds is 4.